The molecular weight excluding hydrogens is 599 g/mol. The minimum atomic E-state index is -1.09. The van der Waals surface area contributed by atoms with Gasteiger partial charge in [0.1, 0.15) is 0 Å². The molecule has 0 spiro atoms. The summed E-state index contributed by atoms with van der Waals surface area (Å²) in [5.74, 6) is -1.93. The van der Waals surface area contributed by atoms with Crippen LogP contribution in [0.15, 0.2) is 84.9 Å². The van der Waals surface area contributed by atoms with E-state index in [1.54, 1.807) is 60.7 Å². The van der Waals surface area contributed by atoms with Crippen LogP contribution in [0.1, 0.15) is 45.5 Å². The molecule has 1 aliphatic heterocycles. The van der Waals surface area contributed by atoms with Gasteiger partial charge >= 0.3 is 5.97 Å². The molecule has 0 radical (unpaired) electrons. The van der Waals surface area contributed by atoms with Gasteiger partial charge < -0.3 is 4.74 Å². The highest BCUT2D eigenvalue weighted by molar-refractivity contribution is 6.30. The van der Waals surface area contributed by atoms with Crippen LogP contribution in [-0.2, 0) is 14.3 Å². The number of imide groups is 1. The number of hydrogen-bond acceptors (Lipinski definition) is 6. The maximum atomic E-state index is 13.7. The highest BCUT2D eigenvalue weighted by Crippen LogP contribution is 2.38. The molecule has 3 atom stereocenters. The lowest BCUT2D eigenvalue weighted by molar-refractivity contribution is -0.122. The Morgan fingerprint density at radius 3 is 2.25 bits per heavy atom. The van der Waals surface area contributed by atoms with Crippen molar-refractivity contribution in [1.82, 2.24) is 4.98 Å². The van der Waals surface area contributed by atoms with Crippen molar-refractivity contribution < 1.29 is 23.9 Å². The molecule has 44 heavy (non-hydrogen) atoms. The summed E-state index contributed by atoms with van der Waals surface area (Å²) < 4.78 is 5.80. The molecule has 1 aliphatic carbocycles. The first kappa shape index (κ1) is 29.7. The summed E-state index contributed by atoms with van der Waals surface area (Å²) in [5.41, 5.74) is 3.76. The average Bonchev–Trinajstić information content (AvgIpc) is 3.30. The molecule has 1 saturated heterocycles. The van der Waals surface area contributed by atoms with Crippen molar-refractivity contribution in [2.24, 2.45) is 11.8 Å². The number of ketones is 1. The van der Waals surface area contributed by atoms with Crippen LogP contribution in [0.4, 0.5) is 5.69 Å². The lowest BCUT2D eigenvalue weighted by Gasteiger charge is -2.18. The average molecular weight is 628 g/mol. The molecule has 0 saturated carbocycles. The summed E-state index contributed by atoms with van der Waals surface area (Å²) in [5, 5.41) is 1.07. The maximum Gasteiger partial charge on any atom is 0.339 e. The molecule has 0 bridgehead atoms. The van der Waals surface area contributed by atoms with Gasteiger partial charge in [0.25, 0.3) is 0 Å². The Morgan fingerprint density at radius 2 is 1.61 bits per heavy atom. The van der Waals surface area contributed by atoms with Crippen LogP contribution in [-0.4, -0.2) is 40.5 Å². The Balaban J connectivity index is 1.32. The van der Waals surface area contributed by atoms with E-state index in [-0.39, 0.29) is 47.3 Å². The van der Waals surface area contributed by atoms with Gasteiger partial charge in [0.15, 0.2) is 6.10 Å². The highest BCUT2D eigenvalue weighted by atomic mass is 35.5. The van der Waals surface area contributed by atoms with Crippen molar-refractivity contribution in [3.8, 4) is 11.3 Å². The summed E-state index contributed by atoms with van der Waals surface area (Å²) in [6.45, 7) is 1.90. The number of aryl methyl sites for hydroxylation is 1. The van der Waals surface area contributed by atoms with Crippen LogP contribution in [0.5, 0.6) is 0 Å². The third kappa shape index (κ3) is 5.53. The number of Topliss-reactive ketones (excluding diaryl/α,β-unsaturated/α-hetero) is 1. The number of benzene rings is 3. The summed E-state index contributed by atoms with van der Waals surface area (Å²) in [4.78, 5) is 59.2. The van der Waals surface area contributed by atoms with E-state index in [4.69, 9.17) is 32.9 Å². The van der Waals surface area contributed by atoms with Gasteiger partial charge in [-0.25, -0.2) is 9.78 Å². The lowest BCUT2D eigenvalue weighted by Crippen LogP contribution is -2.30. The zero-order valence-corrected chi connectivity index (χ0v) is 25.3. The van der Waals surface area contributed by atoms with Gasteiger partial charge in [-0.15, -0.1) is 11.6 Å². The van der Waals surface area contributed by atoms with Crippen LogP contribution < -0.4 is 4.90 Å². The number of anilines is 1. The fourth-order valence-corrected chi connectivity index (χ4v) is 6.20. The van der Waals surface area contributed by atoms with Crippen molar-refractivity contribution in [3.05, 3.63) is 107 Å². The van der Waals surface area contributed by atoms with Gasteiger partial charge in [-0.2, -0.15) is 0 Å². The number of ether oxygens (including phenoxy) is 1. The minimum Gasteiger partial charge on any atom is -0.450 e. The first-order chi connectivity index (χ1) is 21.3. The number of allylic oxidation sites excluding steroid dienone is 2. The predicted molar refractivity (Wildman–Crippen MR) is 170 cm³/mol. The van der Waals surface area contributed by atoms with Crippen molar-refractivity contribution in [2.45, 2.75) is 32.3 Å². The maximum absolute atomic E-state index is 13.7. The van der Waals surface area contributed by atoms with E-state index in [1.807, 2.05) is 31.2 Å². The Morgan fingerprint density at radius 1 is 0.955 bits per heavy atom. The molecule has 0 N–H and O–H groups in total. The Kier molecular flexibility index (Phi) is 8.34. The van der Waals surface area contributed by atoms with E-state index in [1.165, 1.54) is 4.90 Å². The largest absolute Gasteiger partial charge is 0.450 e. The van der Waals surface area contributed by atoms with Crippen molar-refractivity contribution in [2.75, 3.05) is 10.8 Å². The van der Waals surface area contributed by atoms with E-state index in [0.29, 0.717) is 51.3 Å². The second-order valence-electron chi connectivity index (χ2n) is 11.0. The number of pyridine rings is 1. The Hall–Kier alpha value is -4.33. The van der Waals surface area contributed by atoms with Crippen LogP contribution in [0.3, 0.4) is 0 Å². The van der Waals surface area contributed by atoms with E-state index in [9.17, 15) is 19.2 Å². The Labute approximate surface area is 264 Å². The molecule has 2 heterocycles. The molecule has 2 amide bonds. The fraction of sp³-hybridized carbons (Fsp3) is 0.229. The number of amides is 2. The molecule has 3 unspecified atom stereocenters. The Bertz CT molecular complexity index is 1790. The van der Waals surface area contributed by atoms with E-state index in [2.05, 4.69) is 0 Å². The molecule has 7 nitrogen and oxygen atoms in total. The topological polar surface area (TPSA) is 93.6 Å². The van der Waals surface area contributed by atoms with Gasteiger partial charge in [0.2, 0.25) is 17.6 Å². The molecular formula is C35H28Cl2N2O5. The number of aromatic nitrogens is 1. The van der Waals surface area contributed by atoms with Crippen molar-refractivity contribution >= 4 is 63.4 Å². The number of halogens is 2. The quantitative estimate of drug-likeness (QED) is 0.0667. The normalized spacial score (nSPS) is 18.4. The molecule has 2 aliphatic rings. The van der Waals surface area contributed by atoms with E-state index >= 15 is 0 Å². The number of esters is 1. The molecule has 1 aromatic heterocycles. The first-order valence-corrected chi connectivity index (χ1v) is 15.3. The second kappa shape index (κ2) is 12.3. The second-order valence-corrected chi connectivity index (χ2v) is 11.8. The van der Waals surface area contributed by atoms with Crippen molar-refractivity contribution in [1.29, 1.82) is 0 Å². The van der Waals surface area contributed by atoms with Crippen LogP contribution in [0, 0.1) is 18.8 Å². The standard InChI is InChI=1S/C35H28Cl2N2O5/c1-20-5-4-8-25-28(35(43)44-30(17-18-36)32(40)22-9-13-23(37)14-10-22)19-29(38-31(20)25)21-11-15-24(16-12-21)39-33(41)26-6-2-3-7-27(26)34(39)42/h2-5,8-16,19,26-27,30H,6-7,17-18H2,1H3. The molecule has 6 rings (SSSR count). The highest BCUT2D eigenvalue weighted by Gasteiger charge is 2.47. The van der Waals surface area contributed by atoms with Gasteiger partial charge in [0, 0.05) is 33.8 Å². The summed E-state index contributed by atoms with van der Waals surface area (Å²) in [6.07, 6.45) is 4.10. The smallest absolute Gasteiger partial charge is 0.339 e. The number of carbonyl (C=O) groups excluding carboxylic acids is 4. The molecule has 9 heteroatoms. The number of para-hydroxylation sites is 1. The van der Waals surface area contributed by atoms with Crippen LogP contribution in [0.2, 0.25) is 5.02 Å². The van der Waals surface area contributed by atoms with Crippen LogP contribution in [0.25, 0.3) is 22.2 Å². The number of carbonyl (C=O) groups is 4. The van der Waals surface area contributed by atoms with Gasteiger partial charge in [0.05, 0.1) is 34.3 Å². The summed E-state index contributed by atoms with van der Waals surface area (Å²) in [6, 6.07) is 20.5. The van der Waals surface area contributed by atoms with E-state index < -0.39 is 12.1 Å². The number of hydrogen-bond donors (Lipinski definition) is 0. The zero-order chi connectivity index (χ0) is 31.0. The SMILES string of the molecule is Cc1cccc2c(C(=O)OC(CCCl)C(=O)c3ccc(Cl)cc3)cc(-c3ccc(N4C(=O)C5CC=CCC5C4=O)cc3)nc12. The zero-order valence-electron chi connectivity index (χ0n) is 23.8. The van der Waals surface area contributed by atoms with Gasteiger partial charge in [-0.05, 0) is 67.8 Å². The molecule has 1 fully saturated rings. The van der Waals surface area contributed by atoms with Gasteiger partial charge in [-0.3, -0.25) is 19.3 Å². The summed E-state index contributed by atoms with van der Waals surface area (Å²) in [7, 11) is 0. The minimum absolute atomic E-state index is 0.116. The molecule has 4 aromatic rings. The van der Waals surface area contributed by atoms with E-state index in [0.717, 1.165) is 5.56 Å². The lowest BCUT2D eigenvalue weighted by atomic mass is 9.85. The fourth-order valence-electron chi connectivity index (χ4n) is 5.88. The first-order valence-electron chi connectivity index (χ1n) is 14.4. The number of rotatable bonds is 8. The number of nitrogens with zero attached hydrogens (tertiary/aromatic N) is 2. The van der Waals surface area contributed by atoms with Crippen molar-refractivity contribution in [3.63, 3.8) is 0 Å². The third-order valence-corrected chi connectivity index (χ3v) is 8.70. The predicted octanol–water partition coefficient (Wildman–Crippen LogP) is 7.36. The van der Waals surface area contributed by atoms with Gasteiger partial charge in [-0.1, -0.05) is 54.1 Å². The third-order valence-electron chi connectivity index (χ3n) is 8.23. The number of alkyl halides is 1. The number of fused-ring (bicyclic) bond motifs is 2. The van der Waals surface area contributed by atoms with Crippen LogP contribution >= 0.6 is 23.2 Å². The molecule has 222 valence electrons. The summed E-state index contributed by atoms with van der Waals surface area (Å²) >= 11 is 12.0. The monoisotopic (exact) mass is 626 g/mol. The molecule has 3 aromatic carbocycles.